The Labute approximate surface area is 240 Å². The summed E-state index contributed by atoms with van der Waals surface area (Å²) < 4.78 is 11.9. The minimum absolute atomic E-state index is 0.0881. The first kappa shape index (κ1) is 27.0. The van der Waals surface area contributed by atoms with Crippen molar-refractivity contribution in [2.75, 3.05) is 6.61 Å². The van der Waals surface area contributed by atoms with Gasteiger partial charge in [0.25, 0.3) is 0 Å². The van der Waals surface area contributed by atoms with E-state index in [4.69, 9.17) is 9.47 Å². The lowest BCUT2D eigenvalue weighted by molar-refractivity contribution is -0.0915. The Bertz CT molecular complexity index is 1720. The average molecular weight is 541 g/mol. The van der Waals surface area contributed by atoms with Gasteiger partial charge >= 0.3 is 0 Å². The lowest BCUT2D eigenvalue weighted by Gasteiger charge is -2.24. The lowest BCUT2D eigenvalue weighted by atomic mass is 9.93. The van der Waals surface area contributed by atoms with E-state index in [-0.39, 0.29) is 13.0 Å². The highest BCUT2D eigenvalue weighted by Crippen LogP contribution is 2.35. The molecule has 0 saturated heterocycles. The quantitative estimate of drug-likeness (QED) is 0.147. The molecule has 0 fully saturated rings. The molecule has 0 aromatic heterocycles. The van der Waals surface area contributed by atoms with Crippen LogP contribution in [0, 0.1) is 11.8 Å². The van der Waals surface area contributed by atoms with Gasteiger partial charge in [0.2, 0.25) is 0 Å². The first-order chi connectivity index (χ1) is 20.1. The maximum atomic E-state index is 11.0. The summed E-state index contributed by atoms with van der Waals surface area (Å²) in [6.07, 6.45) is -2.40. The molecule has 0 aliphatic carbocycles. The van der Waals surface area contributed by atoms with Gasteiger partial charge in [0.15, 0.2) is 0 Å². The second-order valence-electron chi connectivity index (χ2n) is 10.4. The fraction of sp³-hybridized carbons (Fsp3) is 0.189. The van der Waals surface area contributed by atoms with Crippen molar-refractivity contribution in [1.82, 2.24) is 0 Å². The molecule has 0 heterocycles. The van der Waals surface area contributed by atoms with Crippen molar-refractivity contribution >= 4 is 32.3 Å². The Balaban J connectivity index is 1.17. The minimum Gasteiger partial charge on any atom is -0.388 e. The SMILES string of the molecule is OC(C#Cc1cc2ccc3cccc4ccc(c1)c2c34)C[C@H](OCc1ccccc1)[C@H](O)COCc1ccccc1. The van der Waals surface area contributed by atoms with E-state index in [1.807, 2.05) is 60.7 Å². The van der Waals surface area contributed by atoms with E-state index >= 15 is 0 Å². The molecule has 0 aliphatic rings. The predicted octanol–water partition coefficient (Wildman–Crippen LogP) is 6.85. The van der Waals surface area contributed by atoms with Crippen LogP contribution in [-0.2, 0) is 22.7 Å². The van der Waals surface area contributed by atoms with Crippen LogP contribution in [-0.4, -0.2) is 35.1 Å². The smallest absolute Gasteiger partial charge is 0.117 e. The summed E-state index contributed by atoms with van der Waals surface area (Å²) in [5.41, 5.74) is 2.86. The summed E-state index contributed by atoms with van der Waals surface area (Å²) in [5.74, 6) is 6.14. The molecular formula is C37H32O4. The van der Waals surface area contributed by atoms with E-state index < -0.39 is 18.3 Å². The third kappa shape index (κ3) is 6.41. The standard InChI is InChI=1S/C37H32O4/c38-33(19-14-28-20-31-17-15-29-12-7-13-30-16-18-32(21-28)37(31)36(29)30)22-35(41-24-27-10-5-2-6-11-27)34(39)25-40-23-26-8-3-1-4-9-26/h1-13,15-18,20-21,33-35,38-39H,22-25H2/t33?,34-,35+/m1/s1. The molecule has 0 radical (unpaired) electrons. The van der Waals surface area contributed by atoms with Crippen molar-refractivity contribution in [2.24, 2.45) is 0 Å². The van der Waals surface area contributed by atoms with Gasteiger partial charge in [0, 0.05) is 12.0 Å². The van der Waals surface area contributed by atoms with Gasteiger partial charge in [-0.25, -0.2) is 0 Å². The summed E-state index contributed by atoms with van der Waals surface area (Å²) >= 11 is 0. The van der Waals surface area contributed by atoms with E-state index in [0.717, 1.165) is 27.5 Å². The normalized spacial score (nSPS) is 13.7. The van der Waals surface area contributed by atoms with E-state index in [2.05, 4.69) is 66.4 Å². The maximum absolute atomic E-state index is 11.0. The highest BCUT2D eigenvalue weighted by Gasteiger charge is 2.23. The van der Waals surface area contributed by atoms with Crippen molar-refractivity contribution in [3.05, 3.63) is 132 Å². The van der Waals surface area contributed by atoms with Gasteiger partial charge in [-0.1, -0.05) is 115 Å². The van der Waals surface area contributed by atoms with Crippen LogP contribution in [0.3, 0.4) is 0 Å². The third-order valence-electron chi connectivity index (χ3n) is 7.44. The Hall–Kier alpha value is -4.24. The molecule has 4 nitrogen and oxygen atoms in total. The molecule has 4 heteroatoms. The summed E-state index contributed by atoms with van der Waals surface area (Å²) in [5, 5.41) is 29.1. The van der Waals surface area contributed by atoms with Crippen LogP contribution in [0.15, 0.2) is 115 Å². The summed E-state index contributed by atoms with van der Waals surface area (Å²) in [6.45, 7) is 0.795. The molecule has 0 saturated carbocycles. The van der Waals surface area contributed by atoms with Gasteiger partial charge < -0.3 is 19.7 Å². The van der Waals surface area contributed by atoms with Gasteiger partial charge in [-0.15, -0.1) is 0 Å². The first-order valence-electron chi connectivity index (χ1n) is 14.0. The average Bonchev–Trinajstić information content (AvgIpc) is 3.01. The molecule has 0 spiro atoms. The number of ether oxygens (including phenoxy) is 2. The van der Waals surface area contributed by atoms with Crippen LogP contribution in [0.2, 0.25) is 0 Å². The first-order valence-corrected chi connectivity index (χ1v) is 14.0. The van der Waals surface area contributed by atoms with Gasteiger partial charge in [-0.3, -0.25) is 0 Å². The predicted molar refractivity (Wildman–Crippen MR) is 165 cm³/mol. The zero-order valence-electron chi connectivity index (χ0n) is 22.7. The van der Waals surface area contributed by atoms with Crippen molar-refractivity contribution in [2.45, 2.75) is 37.9 Å². The van der Waals surface area contributed by atoms with E-state index in [0.29, 0.717) is 13.2 Å². The van der Waals surface area contributed by atoms with Gasteiger partial charge in [-0.05, 0) is 55.6 Å². The molecule has 204 valence electrons. The number of hydrogen-bond acceptors (Lipinski definition) is 4. The molecule has 41 heavy (non-hydrogen) atoms. The minimum atomic E-state index is -0.981. The van der Waals surface area contributed by atoms with Gasteiger partial charge in [0.05, 0.1) is 25.9 Å². The second kappa shape index (κ2) is 12.5. The Morgan fingerprint density at radius 3 is 1.80 bits per heavy atom. The zero-order chi connectivity index (χ0) is 28.0. The van der Waals surface area contributed by atoms with Crippen molar-refractivity contribution < 1.29 is 19.7 Å². The molecular weight excluding hydrogens is 508 g/mol. The fourth-order valence-electron chi connectivity index (χ4n) is 5.36. The van der Waals surface area contributed by atoms with Crippen LogP contribution < -0.4 is 0 Å². The summed E-state index contributed by atoms with van der Waals surface area (Å²) in [7, 11) is 0. The number of hydrogen-bond donors (Lipinski definition) is 2. The Kier molecular flexibility index (Phi) is 8.23. The van der Waals surface area contributed by atoms with E-state index in [1.165, 1.54) is 21.5 Å². The van der Waals surface area contributed by atoms with Gasteiger partial charge in [0.1, 0.15) is 12.2 Å². The highest BCUT2D eigenvalue weighted by atomic mass is 16.5. The number of rotatable bonds is 10. The van der Waals surface area contributed by atoms with Crippen LogP contribution in [0.25, 0.3) is 32.3 Å². The van der Waals surface area contributed by atoms with Crippen LogP contribution >= 0.6 is 0 Å². The molecule has 2 N–H and O–H groups in total. The molecule has 0 aliphatic heterocycles. The molecule has 6 aromatic rings. The lowest BCUT2D eigenvalue weighted by Crippen LogP contribution is -2.35. The molecule has 6 aromatic carbocycles. The molecule has 3 atom stereocenters. The largest absolute Gasteiger partial charge is 0.388 e. The molecule has 1 unspecified atom stereocenters. The zero-order valence-corrected chi connectivity index (χ0v) is 22.7. The maximum Gasteiger partial charge on any atom is 0.117 e. The topological polar surface area (TPSA) is 58.9 Å². The number of benzene rings is 6. The molecule has 6 rings (SSSR count). The number of aliphatic hydroxyl groups excluding tert-OH is 2. The van der Waals surface area contributed by atoms with E-state index in [9.17, 15) is 10.2 Å². The van der Waals surface area contributed by atoms with Crippen molar-refractivity contribution in [3.8, 4) is 11.8 Å². The summed E-state index contributed by atoms with van der Waals surface area (Å²) in [6, 6.07) is 38.7. The Morgan fingerprint density at radius 1 is 0.610 bits per heavy atom. The second-order valence-corrected chi connectivity index (χ2v) is 10.4. The third-order valence-corrected chi connectivity index (χ3v) is 7.44. The molecule has 0 bridgehead atoms. The Morgan fingerprint density at radius 2 is 1.17 bits per heavy atom. The highest BCUT2D eigenvalue weighted by molar-refractivity contribution is 6.23. The van der Waals surface area contributed by atoms with Crippen LogP contribution in [0.4, 0.5) is 0 Å². The van der Waals surface area contributed by atoms with Crippen LogP contribution in [0.1, 0.15) is 23.1 Å². The summed E-state index contributed by atoms with van der Waals surface area (Å²) in [4.78, 5) is 0. The van der Waals surface area contributed by atoms with Crippen molar-refractivity contribution in [3.63, 3.8) is 0 Å². The van der Waals surface area contributed by atoms with Crippen LogP contribution in [0.5, 0.6) is 0 Å². The monoisotopic (exact) mass is 540 g/mol. The fourth-order valence-corrected chi connectivity index (χ4v) is 5.36. The van der Waals surface area contributed by atoms with Gasteiger partial charge in [-0.2, -0.15) is 0 Å². The molecule has 0 amide bonds. The van der Waals surface area contributed by atoms with E-state index in [1.54, 1.807) is 0 Å². The van der Waals surface area contributed by atoms with Crippen molar-refractivity contribution in [1.29, 1.82) is 0 Å². The number of aliphatic hydroxyl groups is 2.